The first-order valence-corrected chi connectivity index (χ1v) is 11.1. The van der Waals surface area contributed by atoms with Gasteiger partial charge in [0.1, 0.15) is 11.4 Å². The van der Waals surface area contributed by atoms with Gasteiger partial charge < -0.3 is 20.1 Å². The lowest BCUT2D eigenvalue weighted by Crippen LogP contribution is -2.46. The van der Waals surface area contributed by atoms with Gasteiger partial charge in [-0.05, 0) is 37.3 Å². The van der Waals surface area contributed by atoms with E-state index in [2.05, 4.69) is 30.3 Å². The van der Waals surface area contributed by atoms with Crippen molar-refractivity contribution in [3.05, 3.63) is 53.9 Å². The second kappa shape index (κ2) is 10.3. The molecular weight excluding hydrogens is 436 g/mol. The number of anilines is 2. The molecule has 0 unspecified atom stereocenters. The lowest BCUT2D eigenvalue weighted by atomic mass is 10.2. The van der Waals surface area contributed by atoms with Crippen molar-refractivity contribution in [1.29, 1.82) is 0 Å². The number of carbonyl (C=O) groups excluding carboxylic acids is 1. The van der Waals surface area contributed by atoms with Gasteiger partial charge in [-0.1, -0.05) is 6.07 Å². The van der Waals surface area contributed by atoms with Crippen LogP contribution in [0.15, 0.2) is 42.5 Å². The van der Waals surface area contributed by atoms with E-state index in [0.29, 0.717) is 23.7 Å². The van der Waals surface area contributed by atoms with E-state index in [9.17, 15) is 9.59 Å². The highest BCUT2D eigenvalue weighted by atomic mass is 16.5. The third kappa shape index (κ3) is 5.52. The summed E-state index contributed by atoms with van der Waals surface area (Å²) in [5.41, 5.74) is 4.06. The SMILES string of the molecule is COc1cc(N2CCN(CCC(=O)O)CC2)ccc1NC(=O)c1cccc(-c2cc(C)n[nH]2)n1. The fraction of sp³-hybridized carbons (Fsp3) is 0.333. The molecule has 34 heavy (non-hydrogen) atoms. The molecule has 1 aliphatic heterocycles. The highest BCUT2D eigenvalue weighted by Gasteiger charge is 2.19. The fourth-order valence-corrected chi connectivity index (χ4v) is 3.91. The summed E-state index contributed by atoms with van der Waals surface area (Å²) >= 11 is 0. The summed E-state index contributed by atoms with van der Waals surface area (Å²) in [6, 6.07) is 12.8. The number of amides is 1. The number of H-pyrrole nitrogens is 1. The van der Waals surface area contributed by atoms with E-state index in [1.165, 1.54) is 0 Å². The number of hydrogen-bond donors (Lipinski definition) is 3. The number of aliphatic carboxylic acids is 1. The maximum absolute atomic E-state index is 12.9. The Morgan fingerprint density at radius 3 is 2.62 bits per heavy atom. The van der Waals surface area contributed by atoms with E-state index >= 15 is 0 Å². The minimum absolute atomic E-state index is 0.154. The summed E-state index contributed by atoms with van der Waals surface area (Å²) in [5, 5.41) is 18.8. The first-order chi connectivity index (χ1) is 16.4. The number of aryl methyl sites for hydroxylation is 1. The number of ether oxygens (including phenoxy) is 1. The zero-order valence-electron chi connectivity index (χ0n) is 19.2. The molecule has 0 atom stereocenters. The first-order valence-electron chi connectivity index (χ1n) is 11.1. The van der Waals surface area contributed by atoms with Gasteiger partial charge in [0.2, 0.25) is 0 Å². The molecule has 1 amide bonds. The third-order valence-corrected chi connectivity index (χ3v) is 5.78. The van der Waals surface area contributed by atoms with Gasteiger partial charge in [-0.3, -0.25) is 19.6 Å². The number of nitrogens with one attached hydrogen (secondary N) is 2. The standard InChI is InChI=1S/C24H28N6O4/c1-16-14-21(28-27-16)18-4-3-5-20(25-18)24(33)26-19-7-6-17(15-22(19)34-2)30-12-10-29(11-13-30)9-8-23(31)32/h3-7,14-15H,8-13H2,1-2H3,(H,26,33)(H,27,28)(H,31,32). The maximum atomic E-state index is 12.9. The van der Waals surface area contributed by atoms with Crippen molar-refractivity contribution in [2.24, 2.45) is 0 Å². The fourth-order valence-electron chi connectivity index (χ4n) is 3.91. The average molecular weight is 465 g/mol. The number of aromatic nitrogens is 3. The largest absolute Gasteiger partial charge is 0.494 e. The van der Waals surface area contributed by atoms with Crippen molar-refractivity contribution in [2.45, 2.75) is 13.3 Å². The molecule has 3 aromatic rings. The van der Waals surface area contributed by atoms with Gasteiger partial charge in [0, 0.05) is 44.5 Å². The summed E-state index contributed by atoms with van der Waals surface area (Å²) in [5.74, 6) is -0.557. The molecule has 0 bridgehead atoms. The van der Waals surface area contributed by atoms with Crippen LogP contribution in [0.4, 0.5) is 11.4 Å². The predicted molar refractivity (Wildman–Crippen MR) is 128 cm³/mol. The lowest BCUT2D eigenvalue weighted by Gasteiger charge is -2.36. The topological polar surface area (TPSA) is 124 Å². The summed E-state index contributed by atoms with van der Waals surface area (Å²) in [6.07, 6.45) is 0.154. The molecule has 3 N–H and O–H groups in total. The molecule has 1 aromatic carbocycles. The minimum Gasteiger partial charge on any atom is -0.494 e. The van der Waals surface area contributed by atoms with Crippen molar-refractivity contribution in [1.82, 2.24) is 20.1 Å². The van der Waals surface area contributed by atoms with Crippen LogP contribution in [-0.2, 0) is 4.79 Å². The van der Waals surface area contributed by atoms with Crippen LogP contribution in [0.5, 0.6) is 5.75 Å². The van der Waals surface area contributed by atoms with Crippen LogP contribution in [0.25, 0.3) is 11.4 Å². The number of aromatic amines is 1. The van der Waals surface area contributed by atoms with E-state index in [-0.39, 0.29) is 18.0 Å². The Kier molecular flexibility index (Phi) is 7.07. The molecule has 4 rings (SSSR count). The number of carboxylic acids is 1. The van der Waals surface area contributed by atoms with Gasteiger partial charge in [0.05, 0.1) is 36.3 Å². The zero-order chi connectivity index (χ0) is 24.1. The molecule has 3 heterocycles. The van der Waals surface area contributed by atoms with Crippen LogP contribution < -0.4 is 15.0 Å². The summed E-state index contributed by atoms with van der Waals surface area (Å²) < 4.78 is 5.54. The van der Waals surface area contributed by atoms with E-state index in [1.54, 1.807) is 19.2 Å². The molecule has 0 radical (unpaired) electrons. The number of carboxylic acid groups (broad SMARTS) is 1. The number of benzene rings is 1. The normalized spacial score (nSPS) is 14.1. The number of piperazine rings is 1. The van der Waals surface area contributed by atoms with Crippen molar-refractivity contribution >= 4 is 23.3 Å². The Hall–Kier alpha value is -3.92. The third-order valence-electron chi connectivity index (χ3n) is 5.78. The van der Waals surface area contributed by atoms with Crippen molar-refractivity contribution < 1.29 is 19.4 Å². The molecule has 178 valence electrons. The van der Waals surface area contributed by atoms with E-state index in [0.717, 1.165) is 43.3 Å². The van der Waals surface area contributed by atoms with Gasteiger partial charge in [-0.25, -0.2) is 4.98 Å². The molecule has 1 saturated heterocycles. The number of carbonyl (C=O) groups is 2. The van der Waals surface area contributed by atoms with E-state index < -0.39 is 5.97 Å². The predicted octanol–water partition coefficient (Wildman–Crippen LogP) is 2.64. The van der Waals surface area contributed by atoms with Crippen molar-refractivity contribution in [3.63, 3.8) is 0 Å². The Morgan fingerprint density at radius 1 is 1.15 bits per heavy atom. The number of nitrogens with zero attached hydrogens (tertiary/aromatic N) is 4. The summed E-state index contributed by atoms with van der Waals surface area (Å²) in [4.78, 5) is 32.5. The highest BCUT2D eigenvalue weighted by Crippen LogP contribution is 2.31. The van der Waals surface area contributed by atoms with Crippen LogP contribution in [0, 0.1) is 6.92 Å². The lowest BCUT2D eigenvalue weighted by molar-refractivity contribution is -0.137. The molecule has 10 heteroatoms. The second-order valence-electron chi connectivity index (χ2n) is 8.14. The van der Waals surface area contributed by atoms with Crippen LogP contribution in [0.3, 0.4) is 0 Å². The quantitative estimate of drug-likeness (QED) is 0.465. The second-order valence-corrected chi connectivity index (χ2v) is 8.14. The van der Waals surface area contributed by atoms with E-state index in [4.69, 9.17) is 9.84 Å². The van der Waals surface area contributed by atoms with Crippen LogP contribution in [0.1, 0.15) is 22.6 Å². The van der Waals surface area contributed by atoms with Crippen LogP contribution in [-0.4, -0.2) is 76.9 Å². The number of pyridine rings is 1. The van der Waals surface area contributed by atoms with Crippen molar-refractivity contribution in [2.75, 3.05) is 50.1 Å². The summed E-state index contributed by atoms with van der Waals surface area (Å²) in [7, 11) is 1.57. The Morgan fingerprint density at radius 2 is 1.94 bits per heavy atom. The Labute approximate surface area is 197 Å². The van der Waals surface area contributed by atoms with Gasteiger partial charge >= 0.3 is 5.97 Å². The van der Waals surface area contributed by atoms with E-state index in [1.807, 2.05) is 37.3 Å². The summed E-state index contributed by atoms with van der Waals surface area (Å²) in [6.45, 7) is 5.62. The van der Waals surface area contributed by atoms with Gasteiger partial charge in [0.15, 0.2) is 0 Å². The average Bonchev–Trinajstić information content (AvgIpc) is 3.29. The molecule has 1 aliphatic rings. The number of methoxy groups -OCH3 is 1. The molecule has 2 aromatic heterocycles. The number of hydrogen-bond acceptors (Lipinski definition) is 7. The van der Waals surface area contributed by atoms with Gasteiger partial charge in [-0.15, -0.1) is 0 Å². The van der Waals surface area contributed by atoms with Crippen molar-refractivity contribution in [3.8, 4) is 17.1 Å². The van der Waals surface area contributed by atoms with Crippen LogP contribution >= 0.6 is 0 Å². The molecular formula is C24H28N6O4. The molecule has 0 spiro atoms. The molecule has 0 saturated carbocycles. The Balaban J connectivity index is 1.42. The van der Waals surface area contributed by atoms with Crippen LogP contribution in [0.2, 0.25) is 0 Å². The van der Waals surface area contributed by atoms with Gasteiger partial charge in [0.25, 0.3) is 5.91 Å². The Bertz CT molecular complexity index is 1170. The molecule has 10 nitrogen and oxygen atoms in total. The maximum Gasteiger partial charge on any atom is 0.304 e. The number of rotatable bonds is 8. The minimum atomic E-state index is -0.775. The monoisotopic (exact) mass is 464 g/mol. The molecule has 0 aliphatic carbocycles. The zero-order valence-corrected chi connectivity index (χ0v) is 19.2. The first kappa shape index (κ1) is 23.2. The highest BCUT2D eigenvalue weighted by molar-refractivity contribution is 6.04. The van der Waals surface area contributed by atoms with Gasteiger partial charge in [-0.2, -0.15) is 5.10 Å². The molecule has 1 fully saturated rings. The smallest absolute Gasteiger partial charge is 0.304 e.